The molecule has 1 rings (SSSR count). The Bertz CT molecular complexity index is 114. The van der Waals surface area contributed by atoms with Gasteiger partial charge in [-0.3, -0.25) is 0 Å². The molecule has 0 aromatic heterocycles. The van der Waals surface area contributed by atoms with Crippen LogP contribution in [0.1, 0.15) is 13.8 Å². The van der Waals surface area contributed by atoms with Crippen LogP contribution < -0.4 is 5.32 Å². The second-order valence-electron chi connectivity index (χ2n) is 3.89. The summed E-state index contributed by atoms with van der Waals surface area (Å²) in [5.74, 6) is 0.836. The lowest BCUT2D eigenvalue weighted by Gasteiger charge is -2.46. The Labute approximate surface area is 63.6 Å². The summed E-state index contributed by atoms with van der Waals surface area (Å²) in [6, 6.07) is 0. The minimum atomic E-state index is 0.326. The molecule has 1 saturated heterocycles. The van der Waals surface area contributed by atoms with Gasteiger partial charge >= 0.3 is 0 Å². The van der Waals surface area contributed by atoms with E-state index in [4.69, 9.17) is 0 Å². The number of likely N-dealkylation sites (tertiary alicyclic amines) is 1. The molecule has 0 atom stereocenters. The Morgan fingerprint density at radius 3 is 2.20 bits per heavy atom. The molecule has 0 bridgehead atoms. The molecule has 0 aromatic carbocycles. The van der Waals surface area contributed by atoms with E-state index in [1.807, 2.05) is 7.05 Å². The molecule has 1 aliphatic rings. The van der Waals surface area contributed by atoms with Gasteiger partial charge in [-0.1, -0.05) is 0 Å². The van der Waals surface area contributed by atoms with Crippen molar-refractivity contribution in [3.05, 3.63) is 0 Å². The van der Waals surface area contributed by atoms with Crippen LogP contribution in [0.3, 0.4) is 0 Å². The maximum absolute atomic E-state index is 3.34. The van der Waals surface area contributed by atoms with E-state index >= 15 is 0 Å². The van der Waals surface area contributed by atoms with Gasteiger partial charge in [-0.25, -0.2) is 0 Å². The number of hydrogen-bond donors (Lipinski definition) is 1. The molecule has 2 heteroatoms. The predicted octanol–water partition coefficient (Wildman–Crippen LogP) is 0.546. The van der Waals surface area contributed by atoms with Crippen molar-refractivity contribution in [1.29, 1.82) is 0 Å². The molecule has 0 aliphatic carbocycles. The van der Waals surface area contributed by atoms with E-state index in [1.54, 1.807) is 0 Å². The first kappa shape index (κ1) is 8.02. The van der Waals surface area contributed by atoms with E-state index in [0.29, 0.717) is 5.54 Å². The highest BCUT2D eigenvalue weighted by atomic mass is 15.2. The summed E-state index contributed by atoms with van der Waals surface area (Å²) < 4.78 is 0. The second kappa shape index (κ2) is 2.51. The van der Waals surface area contributed by atoms with E-state index in [9.17, 15) is 0 Å². The molecule has 1 fully saturated rings. The normalized spacial score (nSPS) is 22.8. The summed E-state index contributed by atoms with van der Waals surface area (Å²) >= 11 is 0. The Hall–Kier alpha value is -0.0800. The first-order valence-corrected chi connectivity index (χ1v) is 3.93. The van der Waals surface area contributed by atoms with Gasteiger partial charge in [0.2, 0.25) is 0 Å². The lowest BCUT2D eigenvalue weighted by Crippen LogP contribution is -2.58. The largest absolute Gasteiger partial charge is 0.314 e. The summed E-state index contributed by atoms with van der Waals surface area (Å²) in [5.41, 5.74) is 0.326. The quantitative estimate of drug-likeness (QED) is 0.605. The lowest BCUT2D eigenvalue weighted by atomic mass is 9.82. The smallest absolute Gasteiger partial charge is 0.0174 e. The van der Waals surface area contributed by atoms with Crippen LogP contribution in [0.2, 0.25) is 0 Å². The summed E-state index contributed by atoms with van der Waals surface area (Å²) in [4.78, 5) is 2.35. The Morgan fingerprint density at radius 2 is 1.90 bits per heavy atom. The van der Waals surface area contributed by atoms with Crippen molar-refractivity contribution in [2.24, 2.45) is 5.92 Å². The third kappa shape index (κ3) is 1.32. The maximum atomic E-state index is 3.34. The van der Waals surface area contributed by atoms with Crippen LogP contribution in [-0.2, 0) is 0 Å². The van der Waals surface area contributed by atoms with E-state index in [2.05, 4.69) is 31.1 Å². The van der Waals surface area contributed by atoms with Crippen LogP contribution >= 0.6 is 0 Å². The molecule has 10 heavy (non-hydrogen) atoms. The van der Waals surface area contributed by atoms with E-state index in [-0.39, 0.29) is 0 Å². The first-order valence-electron chi connectivity index (χ1n) is 3.93. The molecule has 2 nitrogen and oxygen atoms in total. The molecule has 0 radical (unpaired) electrons. The zero-order chi connectivity index (χ0) is 7.78. The van der Waals surface area contributed by atoms with Gasteiger partial charge in [0.1, 0.15) is 0 Å². The Morgan fingerprint density at radius 1 is 1.40 bits per heavy atom. The fraction of sp³-hybridized carbons (Fsp3) is 1.00. The number of rotatable bonds is 2. The van der Waals surface area contributed by atoms with Crippen molar-refractivity contribution in [3.63, 3.8) is 0 Å². The minimum Gasteiger partial charge on any atom is -0.314 e. The zero-order valence-electron chi connectivity index (χ0n) is 7.44. The standard InChI is InChI=1S/C8H18N2/c1-8(2,9-3)7-5-10(4)6-7/h7,9H,5-6H2,1-4H3. The van der Waals surface area contributed by atoms with Gasteiger partial charge in [0.05, 0.1) is 0 Å². The molecule has 60 valence electrons. The van der Waals surface area contributed by atoms with Gasteiger partial charge < -0.3 is 10.2 Å². The highest BCUT2D eigenvalue weighted by Crippen LogP contribution is 2.24. The summed E-state index contributed by atoms with van der Waals surface area (Å²) in [5, 5.41) is 3.34. The van der Waals surface area contributed by atoms with Crippen LogP contribution in [0.25, 0.3) is 0 Å². The van der Waals surface area contributed by atoms with Crippen LogP contribution in [0, 0.1) is 5.92 Å². The maximum Gasteiger partial charge on any atom is 0.0174 e. The summed E-state index contributed by atoms with van der Waals surface area (Å²) in [6.45, 7) is 7.02. The van der Waals surface area contributed by atoms with Crippen LogP contribution in [0.5, 0.6) is 0 Å². The van der Waals surface area contributed by atoms with Crippen LogP contribution in [-0.4, -0.2) is 37.6 Å². The average Bonchev–Trinajstić information content (AvgIpc) is 1.81. The van der Waals surface area contributed by atoms with Crippen molar-refractivity contribution in [3.8, 4) is 0 Å². The van der Waals surface area contributed by atoms with Crippen molar-refractivity contribution in [2.75, 3.05) is 27.2 Å². The Balaban J connectivity index is 2.36. The van der Waals surface area contributed by atoms with Crippen LogP contribution in [0.4, 0.5) is 0 Å². The zero-order valence-corrected chi connectivity index (χ0v) is 7.44. The highest BCUT2D eigenvalue weighted by molar-refractivity contribution is 4.93. The first-order chi connectivity index (χ1) is 4.56. The van der Waals surface area contributed by atoms with Gasteiger partial charge in [0, 0.05) is 24.5 Å². The molecule has 1 N–H and O–H groups in total. The number of nitrogens with one attached hydrogen (secondary N) is 1. The molecule has 1 heterocycles. The molecular formula is C8H18N2. The second-order valence-corrected chi connectivity index (χ2v) is 3.89. The molecule has 0 unspecified atom stereocenters. The van der Waals surface area contributed by atoms with Gasteiger partial charge in [0.25, 0.3) is 0 Å². The highest BCUT2D eigenvalue weighted by Gasteiger charge is 2.35. The van der Waals surface area contributed by atoms with Crippen molar-refractivity contribution in [2.45, 2.75) is 19.4 Å². The van der Waals surface area contributed by atoms with Crippen LogP contribution in [0.15, 0.2) is 0 Å². The fourth-order valence-corrected chi connectivity index (χ4v) is 1.36. The number of nitrogens with zero attached hydrogens (tertiary/aromatic N) is 1. The minimum absolute atomic E-state index is 0.326. The topological polar surface area (TPSA) is 15.3 Å². The molecule has 1 aliphatic heterocycles. The summed E-state index contributed by atoms with van der Waals surface area (Å²) in [6.07, 6.45) is 0. The lowest BCUT2D eigenvalue weighted by molar-refractivity contribution is 0.0653. The van der Waals surface area contributed by atoms with E-state index in [1.165, 1.54) is 13.1 Å². The molecule has 0 aromatic rings. The van der Waals surface area contributed by atoms with Crippen molar-refractivity contribution >= 4 is 0 Å². The Kier molecular flexibility index (Phi) is 2.02. The monoisotopic (exact) mass is 142 g/mol. The molecular weight excluding hydrogens is 124 g/mol. The molecule has 0 spiro atoms. The van der Waals surface area contributed by atoms with Gasteiger partial charge in [-0.15, -0.1) is 0 Å². The SMILES string of the molecule is CNC(C)(C)C1CN(C)C1. The van der Waals surface area contributed by atoms with E-state index < -0.39 is 0 Å². The average molecular weight is 142 g/mol. The van der Waals surface area contributed by atoms with E-state index in [0.717, 1.165) is 5.92 Å². The molecule has 0 saturated carbocycles. The van der Waals surface area contributed by atoms with Crippen molar-refractivity contribution < 1.29 is 0 Å². The van der Waals surface area contributed by atoms with Crippen molar-refractivity contribution in [1.82, 2.24) is 10.2 Å². The predicted molar refractivity (Wildman–Crippen MR) is 44.1 cm³/mol. The van der Waals surface area contributed by atoms with Gasteiger partial charge in [-0.2, -0.15) is 0 Å². The summed E-state index contributed by atoms with van der Waals surface area (Å²) in [7, 11) is 4.21. The number of hydrogen-bond acceptors (Lipinski definition) is 2. The van der Waals surface area contributed by atoms with Gasteiger partial charge in [-0.05, 0) is 27.9 Å². The third-order valence-corrected chi connectivity index (χ3v) is 2.73. The third-order valence-electron chi connectivity index (χ3n) is 2.73. The fourth-order valence-electron chi connectivity index (χ4n) is 1.36. The van der Waals surface area contributed by atoms with Gasteiger partial charge in [0.15, 0.2) is 0 Å². The molecule has 0 amide bonds.